The molecule has 1 aliphatic heterocycles. The van der Waals surface area contributed by atoms with Crippen molar-refractivity contribution < 1.29 is 0 Å². The lowest BCUT2D eigenvalue weighted by molar-refractivity contribution is 0.228. The third-order valence-corrected chi connectivity index (χ3v) is 6.22. The monoisotopic (exact) mass is 319 g/mol. The van der Waals surface area contributed by atoms with Crippen LogP contribution in [0.3, 0.4) is 0 Å². The molecule has 0 radical (unpaired) electrons. The van der Waals surface area contributed by atoms with Gasteiger partial charge >= 0.3 is 0 Å². The van der Waals surface area contributed by atoms with Gasteiger partial charge < -0.3 is 0 Å². The first-order chi connectivity index (χ1) is 11.7. The second-order valence-corrected chi connectivity index (χ2v) is 7.51. The zero-order valence-corrected chi connectivity index (χ0v) is 15.6. The lowest BCUT2D eigenvalue weighted by Crippen LogP contribution is -2.35. The third-order valence-electron chi connectivity index (χ3n) is 6.22. The zero-order valence-electron chi connectivity index (χ0n) is 15.6. The van der Waals surface area contributed by atoms with Crippen LogP contribution in [0.4, 0.5) is 0 Å². The van der Waals surface area contributed by atoms with Crippen molar-refractivity contribution in [3.05, 3.63) is 57.6 Å². The molecule has 0 bridgehead atoms. The van der Waals surface area contributed by atoms with Crippen molar-refractivity contribution in [2.45, 2.75) is 58.9 Å². The molecule has 0 fully saturated rings. The Morgan fingerprint density at radius 3 is 2.33 bits per heavy atom. The SMILES string of the molecule is CCc1cc2c3c(c1)-c1cc(CC)c(CC)cc1CC3N(C)CC2. The molecule has 1 heterocycles. The lowest BCUT2D eigenvalue weighted by Gasteiger charge is -2.40. The molecular formula is C23H29N. The smallest absolute Gasteiger partial charge is 0.0394 e. The van der Waals surface area contributed by atoms with Crippen LogP contribution in [0.2, 0.25) is 0 Å². The largest absolute Gasteiger partial charge is 0.299 e. The molecule has 1 unspecified atom stereocenters. The minimum absolute atomic E-state index is 0.569. The highest BCUT2D eigenvalue weighted by Crippen LogP contribution is 2.46. The van der Waals surface area contributed by atoms with Crippen molar-refractivity contribution >= 4 is 0 Å². The van der Waals surface area contributed by atoms with E-state index < -0.39 is 0 Å². The van der Waals surface area contributed by atoms with Gasteiger partial charge in [-0.25, -0.2) is 0 Å². The molecule has 0 amide bonds. The van der Waals surface area contributed by atoms with Crippen molar-refractivity contribution in [1.29, 1.82) is 0 Å². The summed E-state index contributed by atoms with van der Waals surface area (Å²) in [5.74, 6) is 0. The summed E-state index contributed by atoms with van der Waals surface area (Å²) in [7, 11) is 2.30. The summed E-state index contributed by atoms with van der Waals surface area (Å²) in [6, 6.07) is 10.5. The minimum atomic E-state index is 0.569. The van der Waals surface area contributed by atoms with Crippen molar-refractivity contribution in [3.8, 4) is 11.1 Å². The predicted octanol–water partition coefficient (Wildman–Crippen LogP) is 5.13. The Kier molecular flexibility index (Phi) is 4.00. The van der Waals surface area contributed by atoms with Gasteiger partial charge in [0.2, 0.25) is 0 Å². The normalized spacial score (nSPS) is 19.1. The van der Waals surface area contributed by atoms with Gasteiger partial charge in [0.15, 0.2) is 0 Å². The number of likely N-dealkylation sites (N-methyl/N-ethyl adjacent to an activating group) is 1. The highest BCUT2D eigenvalue weighted by molar-refractivity contribution is 5.77. The number of nitrogens with zero attached hydrogens (tertiary/aromatic N) is 1. The molecule has 0 saturated carbocycles. The van der Waals surface area contributed by atoms with E-state index in [4.69, 9.17) is 0 Å². The molecule has 0 N–H and O–H groups in total. The van der Waals surface area contributed by atoms with Gasteiger partial charge in [-0.05, 0) is 83.7 Å². The third kappa shape index (κ3) is 2.33. The molecule has 0 saturated heterocycles. The lowest BCUT2D eigenvalue weighted by atomic mass is 9.75. The summed E-state index contributed by atoms with van der Waals surface area (Å²) in [4.78, 5) is 2.57. The summed E-state index contributed by atoms with van der Waals surface area (Å²) in [6.07, 6.45) is 5.78. The molecule has 4 rings (SSSR count). The van der Waals surface area contributed by atoms with Crippen molar-refractivity contribution in [2.24, 2.45) is 0 Å². The Morgan fingerprint density at radius 1 is 0.875 bits per heavy atom. The Morgan fingerprint density at radius 2 is 1.62 bits per heavy atom. The maximum absolute atomic E-state index is 2.57. The van der Waals surface area contributed by atoms with Crippen LogP contribution in [0.5, 0.6) is 0 Å². The Bertz CT molecular complexity index is 787. The summed E-state index contributed by atoms with van der Waals surface area (Å²) in [5, 5.41) is 0. The van der Waals surface area contributed by atoms with Crippen LogP contribution < -0.4 is 0 Å². The van der Waals surface area contributed by atoms with Crippen LogP contribution in [0.15, 0.2) is 24.3 Å². The fourth-order valence-corrected chi connectivity index (χ4v) is 4.76. The number of benzene rings is 2. The van der Waals surface area contributed by atoms with Crippen molar-refractivity contribution in [2.75, 3.05) is 13.6 Å². The summed E-state index contributed by atoms with van der Waals surface area (Å²) >= 11 is 0. The van der Waals surface area contributed by atoms with E-state index in [0.717, 1.165) is 19.3 Å². The average molecular weight is 319 g/mol. The van der Waals surface area contributed by atoms with E-state index in [9.17, 15) is 0 Å². The van der Waals surface area contributed by atoms with Gasteiger partial charge in [0, 0.05) is 12.6 Å². The van der Waals surface area contributed by atoms with Gasteiger partial charge in [-0.2, -0.15) is 0 Å². The van der Waals surface area contributed by atoms with E-state index in [1.54, 1.807) is 22.3 Å². The van der Waals surface area contributed by atoms with Crippen LogP contribution in [0, 0.1) is 0 Å². The molecule has 1 heteroatoms. The van der Waals surface area contributed by atoms with Gasteiger partial charge in [0.05, 0.1) is 0 Å². The molecular weight excluding hydrogens is 290 g/mol. The van der Waals surface area contributed by atoms with Crippen molar-refractivity contribution in [3.63, 3.8) is 0 Å². The highest BCUT2D eigenvalue weighted by Gasteiger charge is 2.33. The Balaban J connectivity index is 1.99. The second kappa shape index (κ2) is 6.04. The first-order valence-electron chi connectivity index (χ1n) is 9.67. The van der Waals surface area contributed by atoms with Crippen molar-refractivity contribution in [1.82, 2.24) is 4.90 Å². The topological polar surface area (TPSA) is 3.24 Å². The van der Waals surface area contributed by atoms with Crippen LogP contribution >= 0.6 is 0 Å². The standard InChI is InChI=1S/C23H29N/c1-5-15-10-18-8-9-24(4)22-14-19-12-16(6-2)17(7-3)13-20(19)21(11-15)23(18)22/h10-13,22H,5-9,14H2,1-4H3. The molecule has 0 spiro atoms. The van der Waals surface area contributed by atoms with E-state index in [1.165, 1.54) is 41.6 Å². The van der Waals surface area contributed by atoms with Crippen LogP contribution in [0.1, 0.15) is 60.2 Å². The average Bonchev–Trinajstić information content (AvgIpc) is 2.62. The Labute approximate surface area is 146 Å². The van der Waals surface area contributed by atoms with Gasteiger partial charge in [0.25, 0.3) is 0 Å². The van der Waals surface area contributed by atoms with E-state index in [2.05, 4.69) is 57.0 Å². The first-order valence-corrected chi connectivity index (χ1v) is 9.67. The molecule has 1 nitrogen and oxygen atoms in total. The van der Waals surface area contributed by atoms with Gasteiger partial charge in [-0.1, -0.05) is 45.0 Å². The summed E-state index contributed by atoms with van der Waals surface area (Å²) in [6.45, 7) is 8.05. The first kappa shape index (κ1) is 15.9. The van der Waals surface area contributed by atoms with Gasteiger partial charge in [-0.3, -0.25) is 4.90 Å². The predicted molar refractivity (Wildman–Crippen MR) is 103 cm³/mol. The van der Waals surface area contributed by atoms with E-state index in [-0.39, 0.29) is 0 Å². The van der Waals surface area contributed by atoms with E-state index in [0.29, 0.717) is 6.04 Å². The molecule has 126 valence electrons. The number of fused-ring (bicyclic) bond motifs is 2. The number of rotatable bonds is 3. The number of hydrogen-bond acceptors (Lipinski definition) is 1. The molecule has 2 aromatic rings. The van der Waals surface area contributed by atoms with Gasteiger partial charge in [-0.15, -0.1) is 0 Å². The molecule has 2 aliphatic rings. The number of aryl methyl sites for hydroxylation is 3. The Hall–Kier alpha value is -1.60. The fourth-order valence-electron chi connectivity index (χ4n) is 4.76. The van der Waals surface area contributed by atoms with E-state index >= 15 is 0 Å². The summed E-state index contributed by atoms with van der Waals surface area (Å²) in [5.41, 5.74) is 12.4. The maximum atomic E-state index is 2.57. The summed E-state index contributed by atoms with van der Waals surface area (Å²) < 4.78 is 0. The highest BCUT2D eigenvalue weighted by atomic mass is 15.1. The number of hydrogen-bond donors (Lipinski definition) is 0. The van der Waals surface area contributed by atoms with Gasteiger partial charge in [0.1, 0.15) is 0 Å². The van der Waals surface area contributed by atoms with Crippen LogP contribution in [0.25, 0.3) is 11.1 Å². The fraction of sp³-hybridized carbons (Fsp3) is 0.478. The maximum Gasteiger partial charge on any atom is 0.0394 e. The van der Waals surface area contributed by atoms with E-state index in [1.807, 2.05) is 0 Å². The minimum Gasteiger partial charge on any atom is -0.299 e. The molecule has 1 aliphatic carbocycles. The molecule has 1 atom stereocenters. The molecule has 2 aromatic carbocycles. The van der Waals surface area contributed by atoms with Crippen LogP contribution in [-0.4, -0.2) is 18.5 Å². The zero-order chi connectivity index (χ0) is 16.8. The molecule has 0 aromatic heterocycles. The van der Waals surface area contributed by atoms with Crippen LogP contribution in [-0.2, 0) is 32.1 Å². The second-order valence-electron chi connectivity index (χ2n) is 7.51. The molecule has 24 heavy (non-hydrogen) atoms. The quantitative estimate of drug-likeness (QED) is 0.758.